The molecule has 9 rings (SSSR count). The third-order valence-electron chi connectivity index (χ3n) is 10.5. The van der Waals surface area contributed by atoms with Gasteiger partial charge >= 0.3 is 5.97 Å². The largest absolute Gasteiger partial charge is 0.494 e. The monoisotopic (exact) mass is 628 g/mol. The average Bonchev–Trinajstić information content (AvgIpc) is 3.50. The van der Waals surface area contributed by atoms with Crippen molar-refractivity contribution in [2.24, 2.45) is 18.9 Å². The van der Waals surface area contributed by atoms with E-state index in [0.29, 0.717) is 34.9 Å². The third-order valence-corrected chi connectivity index (χ3v) is 10.5. The Kier molecular flexibility index (Phi) is 6.25. The van der Waals surface area contributed by atoms with Gasteiger partial charge in [0.25, 0.3) is 5.91 Å². The van der Waals surface area contributed by atoms with E-state index in [1.807, 2.05) is 49.5 Å². The Morgan fingerprint density at radius 2 is 1.83 bits per heavy atom. The summed E-state index contributed by atoms with van der Waals surface area (Å²) in [5.74, 6) is 2.38. The van der Waals surface area contributed by atoms with Crippen LogP contribution in [0.2, 0.25) is 0 Å². The first-order valence-electron chi connectivity index (χ1n) is 16.5. The lowest BCUT2D eigenvalue weighted by Gasteiger charge is -2.27. The van der Waals surface area contributed by atoms with E-state index in [9.17, 15) is 9.59 Å². The Labute approximate surface area is 271 Å². The van der Waals surface area contributed by atoms with Gasteiger partial charge in [-0.25, -0.2) is 14.8 Å². The molecule has 2 bridgehead atoms. The minimum Gasteiger partial charge on any atom is -0.494 e. The standard InChI is InChI=1S/C37H36N6O4/c1-41-33-29(15-25(17-32(33)46-2)36(44)42-19-21-6-9-26(42)12-21)40-35(41)31-16-23-8-11-27(39-34(23)43(31)18-20-4-5-20)22-7-10-28-24(13-22)14-30(38-28)37(45)47-3/h7-8,10-11,13-17,20-21,26,38H,4-6,9,12,18-19H2,1-3H3. The predicted molar refractivity (Wildman–Crippen MR) is 180 cm³/mol. The van der Waals surface area contributed by atoms with E-state index < -0.39 is 5.97 Å². The number of carbonyl (C=O) groups is 2. The summed E-state index contributed by atoms with van der Waals surface area (Å²) in [6.45, 7) is 1.71. The summed E-state index contributed by atoms with van der Waals surface area (Å²) in [7, 11) is 5.05. The fraction of sp³-hybridized carbons (Fsp3) is 0.351. The molecule has 3 fully saturated rings. The predicted octanol–water partition coefficient (Wildman–Crippen LogP) is 6.57. The number of aryl methyl sites for hydroxylation is 1. The normalized spacial score (nSPS) is 19.0. The zero-order chi connectivity index (χ0) is 32.0. The number of imidazole rings is 1. The van der Waals surface area contributed by atoms with E-state index in [1.54, 1.807) is 7.11 Å². The number of hydrogen-bond acceptors (Lipinski definition) is 6. The maximum atomic E-state index is 13.7. The minimum atomic E-state index is -0.395. The van der Waals surface area contributed by atoms with Gasteiger partial charge in [0.05, 0.1) is 31.1 Å². The maximum absolute atomic E-state index is 13.7. The van der Waals surface area contributed by atoms with Crippen LogP contribution >= 0.6 is 0 Å². The molecule has 5 heterocycles. The molecule has 2 unspecified atom stereocenters. The average molecular weight is 629 g/mol. The second-order valence-electron chi connectivity index (χ2n) is 13.5. The van der Waals surface area contributed by atoms with Crippen LogP contribution in [0.5, 0.6) is 5.75 Å². The number of fused-ring (bicyclic) bond motifs is 5. The van der Waals surface area contributed by atoms with E-state index >= 15 is 0 Å². The number of methoxy groups -OCH3 is 2. The zero-order valence-electron chi connectivity index (χ0n) is 26.7. The number of esters is 1. The number of aromatic amines is 1. The molecule has 6 aromatic rings. The molecule has 10 heteroatoms. The number of aromatic nitrogens is 5. The lowest BCUT2D eigenvalue weighted by molar-refractivity contribution is 0.0594. The number of carbonyl (C=O) groups excluding carboxylic acids is 2. The quantitative estimate of drug-likeness (QED) is 0.201. The summed E-state index contributed by atoms with van der Waals surface area (Å²) in [6, 6.07) is 18.4. The van der Waals surface area contributed by atoms with Crippen LogP contribution in [0.4, 0.5) is 0 Å². The smallest absolute Gasteiger partial charge is 0.354 e. The molecule has 1 aliphatic heterocycles. The van der Waals surface area contributed by atoms with Crippen LogP contribution < -0.4 is 4.74 Å². The van der Waals surface area contributed by atoms with Crippen molar-refractivity contribution >= 4 is 44.8 Å². The second kappa shape index (κ2) is 10.4. The molecule has 1 saturated heterocycles. The molecular formula is C37H36N6O4. The van der Waals surface area contributed by atoms with Gasteiger partial charge in [0.15, 0.2) is 5.82 Å². The number of nitrogens with one attached hydrogen (secondary N) is 1. The first kappa shape index (κ1) is 28.1. The molecule has 3 aliphatic rings. The van der Waals surface area contributed by atoms with Gasteiger partial charge in [0.1, 0.15) is 22.6 Å². The summed E-state index contributed by atoms with van der Waals surface area (Å²) in [5, 5.41) is 1.96. The van der Waals surface area contributed by atoms with E-state index in [2.05, 4.69) is 31.2 Å². The number of amides is 1. The fourth-order valence-corrected chi connectivity index (χ4v) is 7.89. The maximum Gasteiger partial charge on any atom is 0.354 e. The number of likely N-dealkylation sites (tertiary alicyclic amines) is 1. The van der Waals surface area contributed by atoms with Gasteiger partial charge in [-0.05, 0) is 92.5 Å². The number of rotatable bonds is 7. The van der Waals surface area contributed by atoms with Crippen molar-refractivity contribution in [3.8, 4) is 28.5 Å². The summed E-state index contributed by atoms with van der Waals surface area (Å²) < 4.78 is 15.2. The van der Waals surface area contributed by atoms with E-state index in [1.165, 1.54) is 26.4 Å². The van der Waals surface area contributed by atoms with Crippen molar-refractivity contribution in [2.45, 2.75) is 44.7 Å². The zero-order valence-corrected chi connectivity index (χ0v) is 26.7. The highest BCUT2D eigenvalue weighted by molar-refractivity contribution is 6.01. The molecule has 2 aliphatic carbocycles. The van der Waals surface area contributed by atoms with Crippen LogP contribution in [0.25, 0.3) is 55.7 Å². The van der Waals surface area contributed by atoms with Gasteiger partial charge in [-0.2, -0.15) is 0 Å². The van der Waals surface area contributed by atoms with Crippen LogP contribution in [0.15, 0.2) is 54.6 Å². The van der Waals surface area contributed by atoms with Crippen LogP contribution in [-0.4, -0.2) is 67.7 Å². The van der Waals surface area contributed by atoms with Crippen LogP contribution in [0, 0.1) is 11.8 Å². The SMILES string of the molecule is COC(=O)c1cc2cc(-c3ccc4cc(-c5nc6cc(C(=O)N7CC8CCC7C8)cc(OC)c6n5C)n(CC5CC5)c4n3)ccc2[nH]1. The van der Waals surface area contributed by atoms with Gasteiger partial charge in [0.2, 0.25) is 0 Å². The summed E-state index contributed by atoms with van der Waals surface area (Å²) in [5.41, 5.74) is 7.25. The molecule has 2 aromatic carbocycles. The van der Waals surface area contributed by atoms with Crippen LogP contribution in [-0.2, 0) is 18.3 Å². The summed E-state index contributed by atoms with van der Waals surface area (Å²) in [6.07, 6.45) is 5.85. The Morgan fingerprint density at radius 3 is 2.57 bits per heavy atom. The Hall–Kier alpha value is -5.12. The van der Waals surface area contributed by atoms with Gasteiger partial charge < -0.3 is 28.5 Å². The number of ether oxygens (including phenoxy) is 2. The number of piperidine rings is 1. The van der Waals surface area contributed by atoms with Crippen molar-refractivity contribution in [3.05, 3.63) is 65.9 Å². The van der Waals surface area contributed by atoms with Crippen molar-refractivity contribution in [3.63, 3.8) is 0 Å². The molecule has 2 atom stereocenters. The highest BCUT2D eigenvalue weighted by Gasteiger charge is 2.40. The molecule has 1 N–H and O–H groups in total. The molecule has 1 amide bonds. The summed E-state index contributed by atoms with van der Waals surface area (Å²) >= 11 is 0. The highest BCUT2D eigenvalue weighted by Crippen LogP contribution is 2.41. The van der Waals surface area contributed by atoms with Crippen molar-refractivity contribution < 1.29 is 19.1 Å². The molecule has 0 radical (unpaired) electrons. The van der Waals surface area contributed by atoms with E-state index in [-0.39, 0.29) is 5.91 Å². The Bertz CT molecular complexity index is 2260. The molecule has 0 spiro atoms. The number of pyridine rings is 1. The Morgan fingerprint density at radius 1 is 0.957 bits per heavy atom. The number of nitrogens with zero attached hydrogens (tertiary/aromatic N) is 5. The molecule has 10 nitrogen and oxygen atoms in total. The first-order valence-corrected chi connectivity index (χ1v) is 16.5. The van der Waals surface area contributed by atoms with Gasteiger partial charge in [-0.3, -0.25) is 4.79 Å². The highest BCUT2D eigenvalue weighted by atomic mass is 16.5. The molecular weight excluding hydrogens is 592 g/mol. The van der Waals surface area contributed by atoms with E-state index in [4.69, 9.17) is 19.4 Å². The summed E-state index contributed by atoms with van der Waals surface area (Å²) in [4.78, 5) is 41.3. The van der Waals surface area contributed by atoms with Gasteiger partial charge in [0, 0.05) is 53.6 Å². The lowest BCUT2D eigenvalue weighted by Crippen LogP contribution is -2.37. The van der Waals surface area contributed by atoms with Crippen LogP contribution in [0.1, 0.15) is 53.0 Å². The fourth-order valence-electron chi connectivity index (χ4n) is 7.89. The van der Waals surface area contributed by atoms with Crippen molar-refractivity contribution in [1.29, 1.82) is 0 Å². The first-order chi connectivity index (χ1) is 22.9. The number of hydrogen-bond donors (Lipinski definition) is 1. The topological polar surface area (TPSA) is 107 Å². The molecule has 4 aromatic heterocycles. The van der Waals surface area contributed by atoms with E-state index in [0.717, 1.165) is 81.7 Å². The van der Waals surface area contributed by atoms with Crippen LogP contribution in [0.3, 0.4) is 0 Å². The lowest BCUT2D eigenvalue weighted by atomic mass is 10.1. The second-order valence-corrected chi connectivity index (χ2v) is 13.5. The molecule has 238 valence electrons. The number of benzene rings is 2. The number of H-pyrrole nitrogens is 1. The molecule has 47 heavy (non-hydrogen) atoms. The Balaban J connectivity index is 1.14. The van der Waals surface area contributed by atoms with Crippen molar-refractivity contribution in [2.75, 3.05) is 20.8 Å². The van der Waals surface area contributed by atoms with Crippen molar-refractivity contribution in [1.82, 2.24) is 29.0 Å². The minimum absolute atomic E-state index is 0.0727. The van der Waals surface area contributed by atoms with Gasteiger partial charge in [-0.1, -0.05) is 6.07 Å². The van der Waals surface area contributed by atoms with Gasteiger partial charge in [-0.15, -0.1) is 0 Å². The molecule has 2 saturated carbocycles. The third kappa shape index (κ3) is 4.52.